The molecule has 106 valence electrons. The first kappa shape index (κ1) is 13.9. The standard InChI is InChI=1S/C14H8Cl2FN3O/c15-8-4-2-6-10(11(8)16)19-20-13-7-3-1-5-9(17)12(7)18-14(13)21/h1-6,18,21H. The van der Waals surface area contributed by atoms with Gasteiger partial charge in [-0.25, -0.2) is 4.39 Å². The molecule has 1 aromatic heterocycles. The second kappa shape index (κ2) is 5.35. The van der Waals surface area contributed by atoms with Crippen molar-refractivity contribution in [3.05, 3.63) is 52.3 Å². The first-order chi connectivity index (χ1) is 10.1. The molecule has 0 unspecified atom stereocenters. The fraction of sp³-hybridized carbons (Fsp3) is 0. The Morgan fingerprint density at radius 1 is 1.05 bits per heavy atom. The number of rotatable bonds is 2. The Balaban J connectivity index is 2.10. The monoisotopic (exact) mass is 323 g/mol. The molecule has 0 bridgehead atoms. The molecule has 0 fully saturated rings. The van der Waals surface area contributed by atoms with Crippen LogP contribution in [0.2, 0.25) is 10.0 Å². The quantitative estimate of drug-likeness (QED) is 0.581. The minimum atomic E-state index is -0.481. The average molecular weight is 324 g/mol. The molecule has 0 aliphatic carbocycles. The summed E-state index contributed by atoms with van der Waals surface area (Å²) in [5.74, 6) is -0.748. The molecule has 0 radical (unpaired) electrons. The third-order valence-corrected chi connectivity index (χ3v) is 3.73. The number of benzene rings is 2. The molecule has 3 aromatic rings. The summed E-state index contributed by atoms with van der Waals surface area (Å²) in [4.78, 5) is 2.53. The van der Waals surface area contributed by atoms with Crippen molar-refractivity contribution < 1.29 is 9.50 Å². The molecule has 7 heteroatoms. The number of hydrogen-bond acceptors (Lipinski definition) is 3. The lowest BCUT2D eigenvalue weighted by Gasteiger charge is -1.98. The summed E-state index contributed by atoms with van der Waals surface area (Å²) in [6.45, 7) is 0. The van der Waals surface area contributed by atoms with E-state index in [1.54, 1.807) is 24.3 Å². The molecule has 21 heavy (non-hydrogen) atoms. The van der Waals surface area contributed by atoms with Crippen LogP contribution in [0.5, 0.6) is 5.88 Å². The van der Waals surface area contributed by atoms with Crippen LogP contribution in [-0.4, -0.2) is 10.1 Å². The molecule has 0 spiro atoms. The maximum atomic E-state index is 13.6. The van der Waals surface area contributed by atoms with Crippen molar-refractivity contribution in [1.29, 1.82) is 0 Å². The maximum absolute atomic E-state index is 13.6. The van der Waals surface area contributed by atoms with Crippen molar-refractivity contribution in [3.8, 4) is 5.88 Å². The van der Waals surface area contributed by atoms with Crippen LogP contribution in [0.1, 0.15) is 0 Å². The summed E-state index contributed by atoms with van der Waals surface area (Å²) in [6, 6.07) is 9.37. The van der Waals surface area contributed by atoms with Gasteiger partial charge in [-0.2, -0.15) is 0 Å². The second-order valence-electron chi connectivity index (χ2n) is 4.26. The Morgan fingerprint density at radius 2 is 1.81 bits per heavy atom. The zero-order valence-corrected chi connectivity index (χ0v) is 12.0. The smallest absolute Gasteiger partial charge is 0.218 e. The molecule has 2 aromatic carbocycles. The molecular weight excluding hydrogens is 316 g/mol. The van der Waals surface area contributed by atoms with Crippen molar-refractivity contribution in [1.82, 2.24) is 4.98 Å². The number of H-pyrrole nitrogens is 1. The van der Waals surface area contributed by atoms with Crippen molar-refractivity contribution >= 4 is 45.5 Å². The lowest BCUT2D eigenvalue weighted by Crippen LogP contribution is -1.74. The minimum Gasteiger partial charge on any atom is -0.493 e. The van der Waals surface area contributed by atoms with Crippen LogP contribution in [0.25, 0.3) is 10.9 Å². The maximum Gasteiger partial charge on any atom is 0.218 e. The molecule has 0 saturated heterocycles. The zero-order valence-electron chi connectivity index (χ0n) is 10.4. The number of aromatic hydroxyl groups is 1. The number of nitrogens with zero attached hydrogens (tertiary/aromatic N) is 2. The van der Waals surface area contributed by atoms with E-state index in [0.29, 0.717) is 16.1 Å². The number of aromatic nitrogens is 1. The van der Waals surface area contributed by atoms with E-state index < -0.39 is 5.82 Å². The van der Waals surface area contributed by atoms with Gasteiger partial charge in [0.2, 0.25) is 5.88 Å². The van der Waals surface area contributed by atoms with Gasteiger partial charge >= 0.3 is 0 Å². The summed E-state index contributed by atoms with van der Waals surface area (Å²) in [6.07, 6.45) is 0. The van der Waals surface area contributed by atoms with Crippen molar-refractivity contribution in [2.45, 2.75) is 0 Å². The largest absolute Gasteiger partial charge is 0.493 e. The molecule has 0 saturated carbocycles. The number of halogens is 3. The highest BCUT2D eigenvalue weighted by Crippen LogP contribution is 2.38. The van der Waals surface area contributed by atoms with Gasteiger partial charge in [-0.3, -0.25) is 0 Å². The highest BCUT2D eigenvalue weighted by atomic mass is 35.5. The highest BCUT2D eigenvalue weighted by molar-refractivity contribution is 6.43. The first-order valence-electron chi connectivity index (χ1n) is 5.93. The van der Waals surface area contributed by atoms with Gasteiger partial charge < -0.3 is 10.1 Å². The Morgan fingerprint density at radius 3 is 2.62 bits per heavy atom. The normalized spacial score (nSPS) is 11.6. The highest BCUT2D eigenvalue weighted by Gasteiger charge is 2.13. The Labute approximate surface area is 128 Å². The van der Waals surface area contributed by atoms with Crippen LogP contribution in [0.4, 0.5) is 15.8 Å². The van der Waals surface area contributed by atoms with Crippen molar-refractivity contribution in [2.75, 3.05) is 0 Å². The summed E-state index contributed by atoms with van der Waals surface area (Å²) in [5.41, 5.74) is 0.663. The van der Waals surface area contributed by atoms with Crippen molar-refractivity contribution in [3.63, 3.8) is 0 Å². The minimum absolute atomic E-state index is 0.139. The summed E-state index contributed by atoms with van der Waals surface area (Å²) >= 11 is 11.9. The van der Waals surface area contributed by atoms with Gasteiger partial charge in [-0.05, 0) is 18.2 Å². The van der Waals surface area contributed by atoms with Gasteiger partial charge in [0.15, 0.2) is 5.69 Å². The number of para-hydroxylation sites is 1. The Kier molecular flexibility index (Phi) is 3.53. The van der Waals surface area contributed by atoms with Gasteiger partial charge in [-0.15, -0.1) is 10.2 Å². The molecule has 0 aliphatic heterocycles. The number of hydrogen-bond donors (Lipinski definition) is 2. The lowest BCUT2D eigenvalue weighted by molar-refractivity contribution is 0.459. The molecule has 1 heterocycles. The van der Waals surface area contributed by atoms with Crippen LogP contribution in [0.15, 0.2) is 46.6 Å². The lowest BCUT2D eigenvalue weighted by atomic mass is 10.2. The van der Waals surface area contributed by atoms with Gasteiger partial charge in [0, 0.05) is 5.39 Å². The van der Waals surface area contributed by atoms with E-state index in [0.717, 1.165) is 0 Å². The van der Waals surface area contributed by atoms with Gasteiger partial charge in [0.25, 0.3) is 0 Å². The number of aromatic amines is 1. The van der Waals surface area contributed by atoms with Crippen molar-refractivity contribution in [2.24, 2.45) is 10.2 Å². The fourth-order valence-corrected chi connectivity index (χ4v) is 2.26. The van der Waals surface area contributed by atoms with Crippen LogP contribution < -0.4 is 0 Å². The molecule has 4 nitrogen and oxygen atoms in total. The van der Waals surface area contributed by atoms with Crippen LogP contribution >= 0.6 is 23.2 Å². The molecule has 0 aliphatic rings. The van der Waals surface area contributed by atoms with Gasteiger partial charge in [0.05, 0.1) is 15.6 Å². The third kappa shape index (κ3) is 2.46. The van der Waals surface area contributed by atoms with E-state index in [-0.39, 0.29) is 22.1 Å². The first-order valence-corrected chi connectivity index (χ1v) is 6.68. The fourth-order valence-electron chi connectivity index (χ4n) is 1.93. The van der Waals surface area contributed by atoms with E-state index in [9.17, 15) is 9.50 Å². The van der Waals surface area contributed by atoms with Crippen LogP contribution in [0, 0.1) is 5.82 Å². The van der Waals surface area contributed by atoms with E-state index in [4.69, 9.17) is 23.2 Å². The molecule has 0 amide bonds. The van der Waals surface area contributed by atoms with E-state index >= 15 is 0 Å². The summed E-state index contributed by atoms with van der Waals surface area (Å²) in [7, 11) is 0. The van der Waals surface area contributed by atoms with Gasteiger partial charge in [-0.1, -0.05) is 41.4 Å². The van der Waals surface area contributed by atoms with Crippen LogP contribution in [-0.2, 0) is 0 Å². The molecule has 3 rings (SSSR count). The molecular formula is C14H8Cl2FN3O. The van der Waals surface area contributed by atoms with E-state index in [1.165, 1.54) is 12.1 Å². The summed E-state index contributed by atoms with van der Waals surface area (Å²) in [5, 5.41) is 18.8. The average Bonchev–Trinajstić information content (AvgIpc) is 2.78. The second-order valence-corrected chi connectivity index (χ2v) is 5.04. The topological polar surface area (TPSA) is 60.7 Å². The predicted octanol–water partition coefficient (Wildman–Crippen LogP) is 5.73. The zero-order chi connectivity index (χ0) is 15.0. The molecule has 0 atom stereocenters. The summed E-state index contributed by atoms with van der Waals surface area (Å²) < 4.78 is 13.6. The SMILES string of the molecule is Oc1[nH]c2c(F)cccc2c1N=Nc1cccc(Cl)c1Cl. The molecule has 2 N–H and O–H groups in total. The van der Waals surface area contributed by atoms with E-state index in [2.05, 4.69) is 15.2 Å². The third-order valence-electron chi connectivity index (χ3n) is 2.93. The Hall–Kier alpha value is -2.11. The van der Waals surface area contributed by atoms with Crippen LogP contribution in [0.3, 0.4) is 0 Å². The number of nitrogens with one attached hydrogen (secondary N) is 1. The number of azo groups is 1. The predicted molar refractivity (Wildman–Crippen MR) is 80.6 cm³/mol. The van der Waals surface area contributed by atoms with E-state index in [1.807, 2.05) is 0 Å². The Bertz CT molecular complexity index is 861. The number of fused-ring (bicyclic) bond motifs is 1. The van der Waals surface area contributed by atoms with Gasteiger partial charge in [0.1, 0.15) is 11.5 Å².